The summed E-state index contributed by atoms with van der Waals surface area (Å²) in [4.78, 5) is 41.6. The molecule has 0 unspecified atom stereocenters. The quantitative estimate of drug-likeness (QED) is 0.495. The van der Waals surface area contributed by atoms with E-state index in [1.54, 1.807) is 44.6 Å². The molecule has 0 spiro atoms. The Labute approximate surface area is 192 Å². The molecule has 3 amide bonds. The van der Waals surface area contributed by atoms with Crippen molar-refractivity contribution in [2.75, 3.05) is 24.8 Å². The first-order chi connectivity index (χ1) is 15.9. The van der Waals surface area contributed by atoms with Gasteiger partial charge in [0.05, 0.1) is 30.9 Å². The standard InChI is InChI=1S/C14H16N4O2.C10H11NO2/c1-9-4-5-11(12(6-9)20-3)17-14(19)18-13-8-15-10(2)7-16-13;1-11-10(13)9-5-3-2-4-8(9)6-7-12/h4-8H,1-3H3,(H2,16,17,18,19);2-5,7H,6H2,1H3,(H,11,13). The molecule has 0 fully saturated rings. The van der Waals surface area contributed by atoms with Gasteiger partial charge in [0.25, 0.3) is 5.91 Å². The van der Waals surface area contributed by atoms with Crippen molar-refractivity contribution >= 4 is 29.7 Å². The number of urea groups is 1. The molecule has 1 aromatic heterocycles. The molecule has 0 bridgehead atoms. The number of aryl methyl sites for hydroxylation is 2. The molecule has 0 atom stereocenters. The predicted octanol–water partition coefficient (Wildman–Crippen LogP) is 3.53. The van der Waals surface area contributed by atoms with Crippen molar-refractivity contribution in [3.05, 3.63) is 77.2 Å². The monoisotopic (exact) mass is 449 g/mol. The second-order valence-electron chi connectivity index (χ2n) is 6.93. The Kier molecular flexibility index (Phi) is 9.51. The molecule has 3 N–H and O–H groups in total. The van der Waals surface area contributed by atoms with Crippen molar-refractivity contribution in [1.82, 2.24) is 15.3 Å². The number of anilines is 2. The largest absolute Gasteiger partial charge is 0.495 e. The number of aldehydes is 1. The lowest BCUT2D eigenvalue weighted by molar-refractivity contribution is -0.107. The highest BCUT2D eigenvalue weighted by Crippen LogP contribution is 2.25. The Bertz CT molecular complexity index is 1100. The van der Waals surface area contributed by atoms with E-state index in [0.29, 0.717) is 22.8 Å². The molecule has 2 aromatic carbocycles. The van der Waals surface area contributed by atoms with Gasteiger partial charge in [0.1, 0.15) is 12.0 Å². The van der Waals surface area contributed by atoms with Gasteiger partial charge in [-0.05, 0) is 43.2 Å². The minimum Gasteiger partial charge on any atom is -0.495 e. The summed E-state index contributed by atoms with van der Waals surface area (Å²) in [5.74, 6) is 0.840. The van der Waals surface area contributed by atoms with Crippen molar-refractivity contribution in [1.29, 1.82) is 0 Å². The van der Waals surface area contributed by atoms with E-state index in [9.17, 15) is 14.4 Å². The van der Waals surface area contributed by atoms with Crippen LogP contribution in [0.2, 0.25) is 0 Å². The number of methoxy groups -OCH3 is 1. The van der Waals surface area contributed by atoms with E-state index in [0.717, 1.165) is 23.1 Å². The Hall–Kier alpha value is -4.27. The number of amides is 3. The molecule has 172 valence electrons. The fourth-order valence-corrected chi connectivity index (χ4v) is 2.77. The van der Waals surface area contributed by atoms with Crippen molar-refractivity contribution in [2.45, 2.75) is 20.3 Å². The third-order valence-electron chi connectivity index (χ3n) is 4.42. The van der Waals surface area contributed by atoms with Gasteiger partial charge in [0.15, 0.2) is 5.82 Å². The zero-order valence-electron chi connectivity index (χ0n) is 19.0. The van der Waals surface area contributed by atoms with E-state index in [-0.39, 0.29) is 12.3 Å². The van der Waals surface area contributed by atoms with Crippen molar-refractivity contribution in [3.63, 3.8) is 0 Å². The van der Waals surface area contributed by atoms with Gasteiger partial charge in [-0.3, -0.25) is 15.1 Å². The van der Waals surface area contributed by atoms with Crippen LogP contribution in [0.1, 0.15) is 27.2 Å². The van der Waals surface area contributed by atoms with Crippen LogP contribution < -0.4 is 20.7 Å². The summed E-state index contributed by atoms with van der Waals surface area (Å²) < 4.78 is 5.22. The lowest BCUT2D eigenvalue weighted by Gasteiger charge is -2.11. The molecule has 9 heteroatoms. The fourth-order valence-electron chi connectivity index (χ4n) is 2.77. The van der Waals surface area contributed by atoms with Crippen LogP contribution in [0.4, 0.5) is 16.3 Å². The number of aromatic nitrogens is 2. The first kappa shape index (κ1) is 25.0. The van der Waals surface area contributed by atoms with Crippen LogP contribution in [0.3, 0.4) is 0 Å². The van der Waals surface area contributed by atoms with Gasteiger partial charge in [-0.25, -0.2) is 9.78 Å². The number of benzene rings is 2. The second-order valence-corrected chi connectivity index (χ2v) is 6.93. The number of carbonyl (C=O) groups excluding carboxylic acids is 3. The van der Waals surface area contributed by atoms with Gasteiger partial charge < -0.3 is 20.2 Å². The first-order valence-corrected chi connectivity index (χ1v) is 10.1. The molecular formula is C24H27N5O4. The predicted molar refractivity (Wildman–Crippen MR) is 127 cm³/mol. The van der Waals surface area contributed by atoms with Gasteiger partial charge in [0.2, 0.25) is 0 Å². The average molecular weight is 450 g/mol. The molecule has 1 heterocycles. The third kappa shape index (κ3) is 7.73. The van der Waals surface area contributed by atoms with Crippen molar-refractivity contribution < 1.29 is 19.1 Å². The SMILES string of the molecule is CNC(=O)c1ccccc1CC=O.COc1cc(C)ccc1NC(=O)Nc1cnc(C)cn1. The molecule has 0 saturated carbocycles. The van der Waals surface area contributed by atoms with Crippen molar-refractivity contribution in [3.8, 4) is 5.75 Å². The Morgan fingerprint density at radius 1 is 1.03 bits per heavy atom. The lowest BCUT2D eigenvalue weighted by Crippen LogP contribution is -2.20. The molecule has 0 aliphatic carbocycles. The van der Waals surface area contributed by atoms with E-state index in [1.165, 1.54) is 6.20 Å². The topological polar surface area (TPSA) is 122 Å². The molecule has 0 aliphatic rings. The van der Waals surface area contributed by atoms with Crippen LogP contribution >= 0.6 is 0 Å². The van der Waals surface area contributed by atoms with E-state index in [1.807, 2.05) is 32.0 Å². The summed E-state index contributed by atoms with van der Waals surface area (Å²) in [5.41, 5.74) is 3.76. The van der Waals surface area contributed by atoms with Gasteiger partial charge in [-0.15, -0.1) is 0 Å². The molecule has 33 heavy (non-hydrogen) atoms. The van der Waals surface area contributed by atoms with Crippen LogP contribution in [0.25, 0.3) is 0 Å². The maximum Gasteiger partial charge on any atom is 0.324 e. The van der Waals surface area contributed by atoms with Gasteiger partial charge in [0, 0.05) is 19.0 Å². The number of carbonyl (C=O) groups is 3. The van der Waals surface area contributed by atoms with Gasteiger partial charge in [-0.1, -0.05) is 24.3 Å². The van der Waals surface area contributed by atoms with Crippen LogP contribution in [0.15, 0.2) is 54.9 Å². The zero-order chi connectivity index (χ0) is 24.2. The summed E-state index contributed by atoms with van der Waals surface area (Å²) >= 11 is 0. The number of hydrogen-bond donors (Lipinski definition) is 3. The molecule has 3 rings (SSSR count). The number of nitrogens with zero attached hydrogens (tertiary/aromatic N) is 2. The van der Waals surface area contributed by atoms with E-state index in [2.05, 4.69) is 25.9 Å². The van der Waals surface area contributed by atoms with Crippen molar-refractivity contribution in [2.24, 2.45) is 0 Å². The lowest BCUT2D eigenvalue weighted by atomic mass is 10.0. The Balaban J connectivity index is 0.000000257. The highest BCUT2D eigenvalue weighted by molar-refractivity contribution is 6.00. The summed E-state index contributed by atoms with van der Waals surface area (Å²) in [6.07, 6.45) is 4.16. The molecule has 0 aliphatic heterocycles. The normalized spacial score (nSPS) is 9.70. The summed E-state index contributed by atoms with van der Waals surface area (Å²) in [6, 6.07) is 12.2. The molecule has 3 aromatic rings. The molecule has 0 saturated heterocycles. The number of ether oxygens (including phenoxy) is 1. The van der Waals surface area contributed by atoms with Crippen LogP contribution in [-0.2, 0) is 11.2 Å². The van der Waals surface area contributed by atoms with Crippen LogP contribution in [0.5, 0.6) is 5.75 Å². The highest BCUT2D eigenvalue weighted by atomic mass is 16.5. The summed E-state index contributed by atoms with van der Waals surface area (Å²) in [6.45, 7) is 3.78. The van der Waals surface area contributed by atoms with E-state index < -0.39 is 6.03 Å². The fraction of sp³-hybridized carbons (Fsp3) is 0.208. The molecule has 9 nitrogen and oxygen atoms in total. The van der Waals surface area contributed by atoms with Crippen LogP contribution in [-0.4, -0.2) is 42.3 Å². The zero-order valence-corrected chi connectivity index (χ0v) is 19.0. The minimum atomic E-state index is -0.398. The maximum atomic E-state index is 11.9. The molecular weight excluding hydrogens is 422 g/mol. The Morgan fingerprint density at radius 3 is 2.42 bits per heavy atom. The average Bonchev–Trinajstić information content (AvgIpc) is 2.82. The first-order valence-electron chi connectivity index (χ1n) is 10.1. The third-order valence-corrected chi connectivity index (χ3v) is 4.42. The number of nitrogens with one attached hydrogen (secondary N) is 3. The smallest absolute Gasteiger partial charge is 0.324 e. The Morgan fingerprint density at radius 2 is 1.79 bits per heavy atom. The molecule has 0 radical (unpaired) electrons. The number of hydrogen-bond acceptors (Lipinski definition) is 6. The van der Waals surface area contributed by atoms with Gasteiger partial charge in [-0.2, -0.15) is 0 Å². The van der Waals surface area contributed by atoms with Gasteiger partial charge >= 0.3 is 6.03 Å². The van der Waals surface area contributed by atoms with E-state index >= 15 is 0 Å². The maximum absolute atomic E-state index is 11.9. The minimum absolute atomic E-state index is 0.155. The van der Waals surface area contributed by atoms with Crippen LogP contribution in [0, 0.1) is 13.8 Å². The number of rotatable bonds is 6. The summed E-state index contributed by atoms with van der Waals surface area (Å²) in [5, 5.41) is 7.84. The highest BCUT2D eigenvalue weighted by Gasteiger charge is 2.09. The second kappa shape index (κ2) is 12.6. The van der Waals surface area contributed by atoms with E-state index in [4.69, 9.17) is 4.74 Å². The summed E-state index contributed by atoms with van der Waals surface area (Å²) in [7, 11) is 3.13.